The predicted octanol–water partition coefficient (Wildman–Crippen LogP) is 5.44. The molecule has 0 N–H and O–H groups in total. The summed E-state index contributed by atoms with van der Waals surface area (Å²) in [5.74, 6) is 0.733. The summed E-state index contributed by atoms with van der Waals surface area (Å²) in [6.07, 6.45) is 0. The number of aryl methyl sites for hydroxylation is 1. The van der Waals surface area contributed by atoms with Gasteiger partial charge in [-0.05, 0) is 35.4 Å². The van der Waals surface area contributed by atoms with Gasteiger partial charge in [0.1, 0.15) is 12.4 Å². The minimum atomic E-state index is 0.549. The van der Waals surface area contributed by atoms with Gasteiger partial charge in [-0.25, -0.2) is 0 Å². The van der Waals surface area contributed by atoms with Gasteiger partial charge in [-0.3, -0.25) is 0 Å². The molecule has 0 saturated carbocycles. The van der Waals surface area contributed by atoms with Gasteiger partial charge in [-0.2, -0.15) is 0 Å². The number of hydrogen-bond donors (Lipinski definition) is 0. The quantitative estimate of drug-likeness (QED) is 0.623. The van der Waals surface area contributed by atoms with Gasteiger partial charge in [-0.15, -0.1) is 11.3 Å². The van der Waals surface area contributed by atoms with Crippen molar-refractivity contribution >= 4 is 33.0 Å². The van der Waals surface area contributed by atoms with E-state index in [1.54, 1.807) is 11.3 Å². The average Bonchev–Trinajstić information content (AvgIpc) is 2.83. The number of rotatable bonds is 3. The molecular formula is C16H13ClOS. The Hall–Kier alpha value is -1.51. The number of fused-ring (bicyclic) bond motifs is 1. The summed E-state index contributed by atoms with van der Waals surface area (Å²) in [5.41, 5.74) is 2.52. The normalized spacial score (nSPS) is 10.8. The summed E-state index contributed by atoms with van der Waals surface area (Å²) < 4.78 is 7.14. The summed E-state index contributed by atoms with van der Waals surface area (Å²) in [6.45, 7) is 2.69. The first kappa shape index (κ1) is 12.5. The first-order chi connectivity index (χ1) is 9.25. The Labute approximate surface area is 121 Å². The van der Waals surface area contributed by atoms with Crippen molar-refractivity contribution in [2.45, 2.75) is 13.5 Å². The lowest BCUT2D eigenvalue weighted by atomic mass is 10.1. The van der Waals surface area contributed by atoms with Crippen LogP contribution in [-0.4, -0.2) is 0 Å². The first-order valence-electron chi connectivity index (χ1n) is 6.09. The lowest BCUT2D eigenvalue weighted by Crippen LogP contribution is -1.94. The fraction of sp³-hybridized carbons (Fsp3) is 0.125. The smallest absolute Gasteiger partial charge is 0.138 e. The van der Waals surface area contributed by atoms with Crippen molar-refractivity contribution in [2.24, 2.45) is 0 Å². The van der Waals surface area contributed by atoms with Crippen LogP contribution < -0.4 is 4.74 Å². The number of para-hydroxylation sites is 1. The molecule has 2 aromatic carbocycles. The highest BCUT2D eigenvalue weighted by atomic mass is 35.5. The molecule has 0 aliphatic carbocycles. The van der Waals surface area contributed by atoms with Gasteiger partial charge >= 0.3 is 0 Å². The third-order valence-corrected chi connectivity index (χ3v) is 4.59. The zero-order valence-electron chi connectivity index (χ0n) is 10.5. The Kier molecular flexibility index (Phi) is 3.45. The molecular weight excluding hydrogens is 276 g/mol. The largest absolute Gasteiger partial charge is 0.487 e. The third kappa shape index (κ3) is 2.46. The second-order valence-electron chi connectivity index (χ2n) is 4.43. The molecule has 0 atom stereocenters. The van der Waals surface area contributed by atoms with E-state index in [9.17, 15) is 0 Å². The fourth-order valence-corrected chi connectivity index (χ4v) is 3.31. The van der Waals surface area contributed by atoms with Crippen molar-refractivity contribution in [1.82, 2.24) is 0 Å². The molecule has 1 heterocycles. The van der Waals surface area contributed by atoms with Crippen LogP contribution in [0.2, 0.25) is 5.02 Å². The molecule has 0 bridgehead atoms. The number of hydrogen-bond acceptors (Lipinski definition) is 2. The van der Waals surface area contributed by atoms with Gasteiger partial charge in [0.15, 0.2) is 0 Å². The first-order valence-corrected chi connectivity index (χ1v) is 7.34. The Morgan fingerprint density at radius 3 is 2.79 bits per heavy atom. The maximum atomic E-state index is 6.09. The standard InChI is InChI=1S/C16H13ClOS/c1-11-5-4-6-13-12(10-19-16(11)13)9-18-15-8-3-2-7-14(15)17/h2-8,10H,9H2,1H3. The second kappa shape index (κ2) is 5.24. The molecule has 0 spiro atoms. The SMILES string of the molecule is Cc1cccc2c(COc3ccccc3Cl)csc12. The summed E-state index contributed by atoms with van der Waals surface area (Å²) in [5, 5.41) is 4.09. The maximum Gasteiger partial charge on any atom is 0.138 e. The molecule has 0 radical (unpaired) electrons. The molecule has 1 nitrogen and oxygen atoms in total. The topological polar surface area (TPSA) is 9.23 Å². The van der Waals surface area contributed by atoms with E-state index in [0.29, 0.717) is 11.6 Å². The zero-order chi connectivity index (χ0) is 13.2. The average molecular weight is 289 g/mol. The number of halogens is 1. The van der Waals surface area contributed by atoms with Crippen LogP contribution in [-0.2, 0) is 6.61 Å². The highest BCUT2D eigenvalue weighted by Gasteiger charge is 2.07. The van der Waals surface area contributed by atoms with Gasteiger partial charge in [-0.1, -0.05) is 41.9 Å². The second-order valence-corrected chi connectivity index (χ2v) is 5.72. The molecule has 1 aromatic heterocycles. The van der Waals surface area contributed by atoms with Crippen LogP contribution in [0.15, 0.2) is 47.8 Å². The van der Waals surface area contributed by atoms with Gasteiger partial charge in [0.2, 0.25) is 0 Å². The monoisotopic (exact) mass is 288 g/mol. The molecule has 3 aromatic rings. The molecule has 0 fully saturated rings. The minimum Gasteiger partial charge on any atom is -0.487 e. The molecule has 0 saturated heterocycles. The van der Waals surface area contributed by atoms with E-state index in [2.05, 4.69) is 30.5 Å². The highest BCUT2D eigenvalue weighted by Crippen LogP contribution is 2.30. The number of ether oxygens (including phenoxy) is 1. The van der Waals surface area contributed by atoms with Crippen LogP contribution in [0.1, 0.15) is 11.1 Å². The summed E-state index contributed by atoms with van der Waals surface area (Å²) in [6, 6.07) is 13.9. The Bertz CT molecular complexity index is 718. The van der Waals surface area contributed by atoms with E-state index in [0.717, 1.165) is 5.75 Å². The minimum absolute atomic E-state index is 0.549. The van der Waals surface area contributed by atoms with Gasteiger partial charge < -0.3 is 4.74 Å². The van der Waals surface area contributed by atoms with Crippen molar-refractivity contribution in [1.29, 1.82) is 0 Å². The highest BCUT2D eigenvalue weighted by molar-refractivity contribution is 7.17. The summed E-state index contributed by atoms with van der Waals surface area (Å²) >= 11 is 7.85. The van der Waals surface area contributed by atoms with Crippen LogP contribution in [0.3, 0.4) is 0 Å². The third-order valence-electron chi connectivity index (χ3n) is 3.10. The van der Waals surface area contributed by atoms with Crippen molar-refractivity contribution in [3.05, 3.63) is 64.0 Å². The van der Waals surface area contributed by atoms with Crippen LogP contribution in [0.25, 0.3) is 10.1 Å². The Morgan fingerprint density at radius 2 is 1.95 bits per heavy atom. The molecule has 0 amide bonds. The molecule has 0 unspecified atom stereocenters. The van der Waals surface area contributed by atoms with Gasteiger partial charge in [0.25, 0.3) is 0 Å². The molecule has 3 rings (SSSR count). The fourth-order valence-electron chi connectivity index (χ4n) is 2.08. The van der Waals surface area contributed by atoms with Gasteiger partial charge in [0, 0.05) is 10.3 Å². The lowest BCUT2D eigenvalue weighted by molar-refractivity contribution is 0.308. The molecule has 96 valence electrons. The van der Waals surface area contributed by atoms with E-state index >= 15 is 0 Å². The van der Waals surface area contributed by atoms with Crippen molar-refractivity contribution in [3.63, 3.8) is 0 Å². The van der Waals surface area contributed by atoms with Crippen molar-refractivity contribution in [2.75, 3.05) is 0 Å². The van der Waals surface area contributed by atoms with E-state index in [4.69, 9.17) is 16.3 Å². The number of benzene rings is 2. The zero-order valence-corrected chi connectivity index (χ0v) is 12.1. The molecule has 0 aliphatic rings. The van der Waals surface area contributed by atoms with Crippen molar-refractivity contribution in [3.8, 4) is 5.75 Å². The van der Waals surface area contributed by atoms with Crippen molar-refractivity contribution < 1.29 is 4.74 Å². The van der Waals surface area contributed by atoms with E-state index in [1.807, 2.05) is 24.3 Å². The predicted molar refractivity (Wildman–Crippen MR) is 82.3 cm³/mol. The Morgan fingerprint density at radius 1 is 1.11 bits per heavy atom. The summed E-state index contributed by atoms with van der Waals surface area (Å²) in [7, 11) is 0. The number of thiophene rings is 1. The summed E-state index contributed by atoms with van der Waals surface area (Å²) in [4.78, 5) is 0. The van der Waals surface area contributed by atoms with E-state index < -0.39 is 0 Å². The Balaban J connectivity index is 1.87. The van der Waals surface area contributed by atoms with Gasteiger partial charge in [0.05, 0.1) is 5.02 Å². The lowest BCUT2D eigenvalue weighted by Gasteiger charge is -2.07. The maximum absolute atomic E-state index is 6.09. The van der Waals surface area contributed by atoms with E-state index in [1.165, 1.54) is 21.2 Å². The molecule has 3 heteroatoms. The van der Waals surface area contributed by atoms with E-state index in [-0.39, 0.29) is 0 Å². The van der Waals surface area contributed by atoms with Crippen LogP contribution in [0.4, 0.5) is 0 Å². The molecule has 0 aliphatic heterocycles. The van der Waals surface area contributed by atoms with Crippen LogP contribution in [0.5, 0.6) is 5.75 Å². The van der Waals surface area contributed by atoms with Crippen LogP contribution >= 0.6 is 22.9 Å². The molecule has 19 heavy (non-hydrogen) atoms. The van der Waals surface area contributed by atoms with Crippen LogP contribution in [0, 0.1) is 6.92 Å².